The molecule has 5 rings (SSSR count). The van der Waals surface area contributed by atoms with Crippen molar-refractivity contribution in [2.45, 2.75) is 12.5 Å². The van der Waals surface area contributed by atoms with Crippen molar-refractivity contribution in [2.75, 3.05) is 21.3 Å². The Kier molecular flexibility index (Phi) is 5.69. The molecule has 5 nitrogen and oxygen atoms in total. The summed E-state index contributed by atoms with van der Waals surface area (Å²) in [6.07, 6.45) is 3.96. The van der Waals surface area contributed by atoms with Crippen molar-refractivity contribution in [3.8, 4) is 17.2 Å². The molecule has 5 heteroatoms. The molecule has 0 saturated heterocycles. The van der Waals surface area contributed by atoms with Crippen LogP contribution in [0.15, 0.2) is 78.9 Å². The fourth-order valence-corrected chi connectivity index (χ4v) is 4.70. The van der Waals surface area contributed by atoms with E-state index in [4.69, 9.17) is 18.9 Å². The Hall–Kier alpha value is -4.25. The molecule has 176 valence electrons. The highest BCUT2D eigenvalue weighted by atomic mass is 16.5. The zero-order chi connectivity index (χ0) is 24.6. The first-order valence-corrected chi connectivity index (χ1v) is 11.3. The van der Waals surface area contributed by atoms with Gasteiger partial charge in [-0.1, -0.05) is 60.2 Å². The van der Waals surface area contributed by atoms with Crippen LogP contribution >= 0.6 is 0 Å². The van der Waals surface area contributed by atoms with Crippen LogP contribution in [0.4, 0.5) is 0 Å². The van der Waals surface area contributed by atoms with Crippen LogP contribution in [0.25, 0.3) is 16.8 Å². The maximum Gasteiger partial charge on any atom is 0.338 e. The molecule has 0 saturated carbocycles. The van der Waals surface area contributed by atoms with Crippen molar-refractivity contribution in [2.24, 2.45) is 0 Å². The van der Waals surface area contributed by atoms with Gasteiger partial charge in [0, 0.05) is 27.5 Å². The normalized spacial score (nSPS) is 16.3. The molecule has 0 amide bonds. The molecule has 0 aromatic heterocycles. The predicted molar refractivity (Wildman–Crippen MR) is 136 cm³/mol. The first-order chi connectivity index (χ1) is 17.0. The Morgan fingerprint density at radius 3 is 2.20 bits per heavy atom. The number of aryl methyl sites for hydroxylation is 1. The van der Waals surface area contributed by atoms with Crippen LogP contribution in [0.1, 0.15) is 32.6 Å². The number of fused-ring (bicyclic) bond motifs is 3. The second-order valence-corrected chi connectivity index (χ2v) is 8.46. The van der Waals surface area contributed by atoms with Gasteiger partial charge in [0.05, 0.1) is 26.9 Å². The summed E-state index contributed by atoms with van der Waals surface area (Å²) in [4.78, 5) is 12.8. The molecule has 1 unspecified atom stereocenters. The molecule has 4 aromatic carbocycles. The third-order valence-electron chi connectivity index (χ3n) is 6.49. The number of hydrogen-bond acceptors (Lipinski definition) is 5. The molecular weight excluding hydrogens is 440 g/mol. The number of carbonyl (C=O) groups is 1. The minimum absolute atomic E-state index is 0.392. The monoisotopic (exact) mass is 466 g/mol. The standard InChI is InChI=1S/C30H26O5/c1-19-10-12-21(13-11-19)30(20-8-6-5-7-9-20)17-16-23-25(29(31)34-4)18-24-22(27(23)35-30)14-15-26(32-2)28(24)33-3/h5-18H,1-4H3. The number of hydrogen-bond donors (Lipinski definition) is 0. The van der Waals surface area contributed by atoms with E-state index in [0.717, 1.165) is 22.1 Å². The van der Waals surface area contributed by atoms with E-state index in [1.54, 1.807) is 20.3 Å². The van der Waals surface area contributed by atoms with Crippen molar-refractivity contribution in [3.63, 3.8) is 0 Å². The van der Waals surface area contributed by atoms with Gasteiger partial charge in [-0.3, -0.25) is 0 Å². The Morgan fingerprint density at radius 1 is 0.829 bits per heavy atom. The molecule has 0 spiro atoms. The van der Waals surface area contributed by atoms with Gasteiger partial charge in [-0.05, 0) is 37.3 Å². The van der Waals surface area contributed by atoms with Crippen LogP contribution < -0.4 is 14.2 Å². The summed E-state index contributed by atoms with van der Waals surface area (Å²) in [5.41, 5.74) is 3.28. The first-order valence-electron chi connectivity index (χ1n) is 11.3. The zero-order valence-electron chi connectivity index (χ0n) is 20.1. The smallest absolute Gasteiger partial charge is 0.338 e. The third kappa shape index (κ3) is 3.60. The molecule has 1 atom stereocenters. The number of esters is 1. The number of methoxy groups -OCH3 is 3. The van der Waals surface area contributed by atoms with Crippen LogP contribution in [0.5, 0.6) is 17.2 Å². The van der Waals surface area contributed by atoms with Crippen molar-refractivity contribution in [1.82, 2.24) is 0 Å². The second-order valence-electron chi connectivity index (χ2n) is 8.46. The van der Waals surface area contributed by atoms with Crippen molar-refractivity contribution >= 4 is 22.8 Å². The van der Waals surface area contributed by atoms with E-state index in [-0.39, 0.29) is 0 Å². The van der Waals surface area contributed by atoms with Gasteiger partial charge < -0.3 is 18.9 Å². The largest absolute Gasteiger partial charge is 0.493 e. The summed E-state index contributed by atoms with van der Waals surface area (Å²) < 4.78 is 23.3. The van der Waals surface area contributed by atoms with Crippen molar-refractivity contribution in [3.05, 3.63) is 107 Å². The summed E-state index contributed by atoms with van der Waals surface area (Å²) in [7, 11) is 4.53. The maximum atomic E-state index is 12.8. The highest BCUT2D eigenvalue weighted by Crippen LogP contribution is 2.49. The van der Waals surface area contributed by atoms with E-state index in [9.17, 15) is 4.79 Å². The molecule has 1 aliphatic heterocycles. The predicted octanol–water partition coefficient (Wildman–Crippen LogP) is 6.30. The van der Waals surface area contributed by atoms with Gasteiger partial charge in [0.1, 0.15) is 5.75 Å². The lowest BCUT2D eigenvalue weighted by atomic mass is 9.82. The molecular formula is C30H26O5. The summed E-state index contributed by atoms with van der Waals surface area (Å²) in [6, 6.07) is 23.9. The van der Waals surface area contributed by atoms with E-state index >= 15 is 0 Å². The van der Waals surface area contributed by atoms with Crippen LogP contribution in [0.2, 0.25) is 0 Å². The van der Waals surface area contributed by atoms with Gasteiger partial charge in [-0.15, -0.1) is 0 Å². The Balaban J connectivity index is 1.84. The van der Waals surface area contributed by atoms with Gasteiger partial charge >= 0.3 is 5.97 Å². The van der Waals surface area contributed by atoms with Crippen LogP contribution in [0.3, 0.4) is 0 Å². The Morgan fingerprint density at radius 2 is 1.54 bits per heavy atom. The van der Waals surface area contributed by atoms with E-state index in [2.05, 4.69) is 31.2 Å². The first kappa shape index (κ1) is 22.5. The molecule has 0 radical (unpaired) electrons. The molecule has 1 aliphatic rings. The number of ether oxygens (including phenoxy) is 4. The van der Waals surface area contributed by atoms with E-state index in [1.165, 1.54) is 7.11 Å². The van der Waals surface area contributed by atoms with E-state index in [1.807, 2.05) is 54.6 Å². The van der Waals surface area contributed by atoms with Crippen LogP contribution in [-0.4, -0.2) is 27.3 Å². The molecule has 1 heterocycles. The van der Waals surface area contributed by atoms with Gasteiger partial charge in [0.25, 0.3) is 0 Å². The number of rotatable bonds is 5. The lowest BCUT2D eigenvalue weighted by molar-refractivity contribution is 0.0599. The van der Waals surface area contributed by atoms with Gasteiger partial charge in [-0.2, -0.15) is 0 Å². The molecule has 0 aliphatic carbocycles. The fourth-order valence-electron chi connectivity index (χ4n) is 4.70. The van der Waals surface area contributed by atoms with Gasteiger partial charge in [0.15, 0.2) is 17.1 Å². The Bertz CT molecular complexity index is 1440. The average molecular weight is 467 g/mol. The van der Waals surface area contributed by atoms with E-state index < -0.39 is 11.6 Å². The topological polar surface area (TPSA) is 54.0 Å². The second kappa shape index (κ2) is 8.84. The van der Waals surface area contributed by atoms with Crippen molar-refractivity contribution < 1.29 is 23.7 Å². The molecule has 0 bridgehead atoms. The molecule has 4 aromatic rings. The zero-order valence-corrected chi connectivity index (χ0v) is 20.1. The fraction of sp³-hybridized carbons (Fsp3) is 0.167. The van der Waals surface area contributed by atoms with Crippen LogP contribution in [0, 0.1) is 6.92 Å². The minimum atomic E-state index is -0.892. The molecule has 0 fully saturated rings. The average Bonchev–Trinajstić information content (AvgIpc) is 2.91. The van der Waals surface area contributed by atoms with Gasteiger partial charge in [0.2, 0.25) is 0 Å². The van der Waals surface area contributed by atoms with Crippen LogP contribution in [-0.2, 0) is 10.3 Å². The summed E-state index contributed by atoms with van der Waals surface area (Å²) in [5, 5.41) is 1.51. The SMILES string of the molecule is COC(=O)c1cc2c(OC)c(OC)ccc2c2c1C=CC(c1ccccc1)(c1ccc(C)cc1)O2. The van der Waals surface area contributed by atoms with Gasteiger partial charge in [-0.25, -0.2) is 4.79 Å². The minimum Gasteiger partial charge on any atom is -0.493 e. The highest BCUT2D eigenvalue weighted by Gasteiger charge is 2.39. The molecule has 0 N–H and O–H groups in total. The van der Waals surface area contributed by atoms with E-state index in [0.29, 0.717) is 33.8 Å². The molecule has 35 heavy (non-hydrogen) atoms. The maximum absolute atomic E-state index is 12.8. The Labute approximate surface area is 204 Å². The highest BCUT2D eigenvalue weighted by molar-refractivity contribution is 6.06. The quantitative estimate of drug-likeness (QED) is 0.323. The van der Waals surface area contributed by atoms with Crippen molar-refractivity contribution in [1.29, 1.82) is 0 Å². The summed E-state index contributed by atoms with van der Waals surface area (Å²) >= 11 is 0. The lowest BCUT2D eigenvalue weighted by Gasteiger charge is -2.37. The summed E-state index contributed by atoms with van der Waals surface area (Å²) in [5.74, 6) is 1.21. The lowest BCUT2D eigenvalue weighted by Crippen LogP contribution is -2.34. The number of benzene rings is 4. The summed E-state index contributed by atoms with van der Waals surface area (Å²) in [6.45, 7) is 2.06. The number of carbonyl (C=O) groups excluding carboxylic acids is 1. The third-order valence-corrected chi connectivity index (χ3v) is 6.49.